The minimum Gasteiger partial charge on any atom is -0.497 e. The van der Waals surface area contributed by atoms with Gasteiger partial charge in [0.2, 0.25) is 5.91 Å². The van der Waals surface area contributed by atoms with E-state index in [1.165, 1.54) is 0 Å². The van der Waals surface area contributed by atoms with Crippen LogP contribution in [-0.2, 0) is 4.79 Å². The Labute approximate surface area is 118 Å². The summed E-state index contributed by atoms with van der Waals surface area (Å²) in [4.78, 5) is 12.0. The second kappa shape index (κ2) is 6.78. The molecule has 0 aliphatic carbocycles. The molecule has 1 fully saturated rings. The van der Waals surface area contributed by atoms with Crippen LogP contribution in [0.2, 0.25) is 5.02 Å². The SMILES string of the molecule is COc1ccc(Cl)c(NC(=O)CC2CCCNC2)c1. The highest BCUT2D eigenvalue weighted by Gasteiger charge is 2.17. The van der Waals surface area contributed by atoms with Gasteiger partial charge in [0.1, 0.15) is 5.75 Å². The zero-order valence-electron chi connectivity index (χ0n) is 11.0. The Kier molecular flexibility index (Phi) is 5.05. The average molecular weight is 283 g/mol. The quantitative estimate of drug-likeness (QED) is 0.893. The number of ether oxygens (including phenoxy) is 1. The van der Waals surface area contributed by atoms with Crippen molar-refractivity contribution in [3.8, 4) is 5.75 Å². The fourth-order valence-corrected chi connectivity index (χ4v) is 2.45. The van der Waals surface area contributed by atoms with Gasteiger partial charge >= 0.3 is 0 Å². The topological polar surface area (TPSA) is 50.4 Å². The standard InChI is InChI=1S/C14H19ClN2O2/c1-19-11-4-5-12(15)13(8-11)17-14(18)7-10-3-2-6-16-9-10/h4-5,8,10,16H,2-3,6-7,9H2,1H3,(H,17,18). The Bertz CT molecular complexity index is 445. The maximum atomic E-state index is 12.0. The molecule has 1 aromatic rings. The first kappa shape index (κ1) is 14.2. The monoisotopic (exact) mass is 282 g/mol. The number of anilines is 1. The molecule has 19 heavy (non-hydrogen) atoms. The predicted molar refractivity (Wildman–Crippen MR) is 76.8 cm³/mol. The van der Waals surface area contributed by atoms with Crippen molar-refractivity contribution in [3.05, 3.63) is 23.2 Å². The third-order valence-corrected chi connectivity index (χ3v) is 3.65. The molecule has 1 saturated heterocycles. The van der Waals surface area contributed by atoms with E-state index in [1.807, 2.05) is 0 Å². The van der Waals surface area contributed by atoms with Crippen LogP contribution in [-0.4, -0.2) is 26.1 Å². The highest BCUT2D eigenvalue weighted by molar-refractivity contribution is 6.33. The number of benzene rings is 1. The van der Waals surface area contributed by atoms with Gasteiger partial charge in [-0.2, -0.15) is 0 Å². The number of amides is 1. The highest BCUT2D eigenvalue weighted by atomic mass is 35.5. The van der Waals surface area contributed by atoms with Gasteiger partial charge in [0.15, 0.2) is 0 Å². The number of carbonyl (C=O) groups is 1. The van der Waals surface area contributed by atoms with Gasteiger partial charge in [-0.1, -0.05) is 11.6 Å². The van der Waals surface area contributed by atoms with Crippen LogP contribution in [0.15, 0.2) is 18.2 Å². The molecule has 104 valence electrons. The van der Waals surface area contributed by atoms with Gasteiger partial charge in [-0.25, -0.2) is 0 Å². The fourth-order valence-electron chi connectivity index (χ4n) is 2.29. The van der Waals surface area contributed by atoms with Crippen LogP contribution in [0.4, 0.5) is 5.69 Å². The van der Waals surface area contributed by atoms with Gasteiger partial charge in [0.05, 0.1) is 17.8 Å². The lowest BCUT2D eigenvalue weighted by molar-refractivity contribution is -0.117. The van der Waals surface area contributed by atoms with E-state index in [9.17, 15) is 4.79 Å². The molecule has 1 aromatic carbocycles. The van der Waals surface area contributed by atoms with Crippen LogP contribution < -0.4 is 15.4 Å². The van der Waals surface area contributed by atoms with Crippen molar-refractivity contribution in [3.63, 3.8) is 0 Å². The molecule has 4 nitrogen and oxygen atoms in total. The molecular formula is C14H19ClN2O2. The van der Waals surface area contributed by atoms with Gasteiger partial charge in [0.25, 0.3) is 0 Å². The summed E-state index contributed by atoms with van der Waals surface area (Å²) in [6, 6.07) is 5.22. The maximum Gasteiger partial charge on any atom is 0.224 e. The van der Waals surface area contributed by atoms with Crippen LogP contribution in [0, 0.1) is 5.92 Å². The summed E-state index contributed by atoms with van der Waals surface area (Å²) in [7, 11) is 1.59. The number of hydrogen-bond acceptors (Lipinski definition) is 3. The number of nitrogens with one attached hydrogen (secondary N) is 2. The summed E-state index contributed by atoms with van der Waals surface area (Å²) in [5.41, 5.74) is 0.606. The third kappa shape index (κ3) is 4.11. The lowest BCUT2D eigenvalue weighted by Gasteiger charge is -2.22. The van der Waals surface area contributed by atoms with Gasteiger partial charge in [0, 0.05) is 12.5 Å². The van der Waals surface area contributed by atoms with Crippen molar-refractivity contribution in [2.75, 3.05) is 25.5 Å². The van der Waals surface area contributed by atoms with E-state index in [0.717, 1.165) is 25.9 Å². The van der Waals surface area contributed by atoms with Crippen LogP contribution in [0.3, 0.4) is 0 Å². The van der Waals surface area contributed by atoms with E-state index in [1.54, 1.807) is 25.3 Å². The van der Waals surface area contributed by atoms with E-state index in [4.69, 9.17) is 16.3 Å². The van der Waals surface area contributed by atoms with E-state index in [2.05, 4.69) is 10.6 Å². The van der Waals surface area contributed by atoms with Gasteiger partial charge in [-0.3, -0.25) is 4.79 Å². The summed E-state index contributed by atoms with van der Waals surface area (Å²) in [5.74, 6) is 1.10. The van der Waals surface area contributed by atoms with Gasteiger partial charge in [-0.05, 0) is 44.0 Å². The Morgan fingerprint density at radius 3 is 3.11 bits per heavy atom. The number of carbonyl (C=O) groups excluding carboxylic acids is 1. The van der Waals surface area contributed by atoms with Gasteiger partial charge < -0.3 is 15.4 Å². The maximum absolute atomic E-state index is 12.0. The molecule has 0 saturated carbocycles. The molecule has 0 spiro atoms. The minimum absolute atomic E-state index is 0.00357. The van der Waals surface area contributed by atoms with Gasteiger partial charge in [-0.15, -0.1) is 0 Å². The largest absolute Gasteiger partial charge is 0.497 e. The fraction of sp³-hybridized carbons (Fsp3) is 0.500. The Morgan fingerprint density at radius 2 is 2.42 bits per heavy atom. The molecule has 0 aromatic heterocycles. The molecule has 1 heterocycles. The zero-order chi connectivity index (χ0) is 13.7. The number of hydrogen-bond donors (Lipinski definition) is 2. The molecule has 1 aliphatic rings. The van der Waals surface area contributed by atoms with Crippen molar-refractivity contribution >= 4 is 23.2 Å². The summed E-state index contributed by atoms with van der Waals surface area (Å²) in [6.07, 6.45) is 2.77. The van der Waals surface area contributed by atoms with E-state index in [-0.39, 0.29) is 5.91 Å². The number of piperidine rings is 1. The molecule has 1 aliphatic heterocycles. The smallest absolute Gasteiger partial charge is 0.224 e. The molecule has 1 atom stereocenters. The number of halogens is 1. The highest BCUT2D eigenvalue weighted by Crippen LogP contribution is 2.27. The normalized spacial score (nSPS) is 18.9. The molecular weight excluding hydrogens is 264 g/mol. The molecule has 5 heteroatoms. The first-order chi connectivity index (χ1) is 9.19. The van der Waals surface area contributed by atoms with Crippen molar-refractivity contribution in [1.82, 2.24) is 5.32 Å². The molecule has 2 N–H and O–H groups in total. The zero-order valence-corrected chi connectivity index (χ0v) is 11.8. The summed E-state index contributed by atoms with van der Waals surface area (Å²) < 4.78 is 5.12. The Hall–Kier alpha value is -1.26. The lowest BCUT2D eigenvalue weighted by atomic mass is 9.96. The summed E-state index contributed by atoms with van der Waals surface area (Å²) in [6.45, 7) is 1.97. The van der Waals surface area contributed by atoms with E-state index >= 15 is 0 Å². The van der Waals surface area contributed by atoms with E-state index < -0.39 is 0 Å². The molecule has 1 unspecified atom stereocenters. The van der Waals surface area contributed by atoms with Crippen LogP contribution in [0.25, 0.3) is 0 Å². The number of rotatable bonds is 4. The predicted octanol–water partition coefficient (Wildman–Crippen LogP) is 2.68. The molecule has 2 rings (SSSR count). The minimum atomic E-state index is 0.00357. The van der Waals surface area contributed by atoms with Crippen molar-refractivity contribution < 1.29 is 9.53 Å². The number of methoxy groups -OCH3 is 1. The Balaban J connectivity index is 1.94. The third-order valence-electron chi connectivity index (χ3n) is 3.32. The summed E-state index contributed by atoms with van der Waals surface area (Å²) in [5, 5.41) is 6.69. The first-order valence-electron chi connectivity index (χ1n) is 6.53. The van der Waals surface area contributed by atoms with Crippen LogP contribution in [0.1, 0.15) is 19.3 Å². The Morgan fingerprint density at radius 1 is 1.58 bits per heavy atom. The van der Waals surface area contributed by atoms with Crippen LogP contribution in [0.5, 0.6) is 5.75 Å². The first-order valence-corrected chi connectivity index (χ1v) is 6.91. The van der Waals surface area contributed by atoms with Crippen molar-refractivity contribution in [2.45, 2.75) is 19.3 Å². The second-order valence-corrected chi connectivity index (χ2v) is 5.22. The lowest BCUT2D eigenvalue weighted by Crippen LogP contribution is -2.32. The molecule has 1 amide bonds. The second-order valence-electron chi connectivity index (χ2n) is 4.81. The molecule has 0 radical (unpaired) electrons. The van der Waals surface area contributed by atoms with Crippen molar-refractivity contribution in [2.24, 2.45) is 5.92 Å². The average Bonchev–Trinajstić information content (AvgIpc) is 2.42. The summed E-state index contributed by atoms with van der Waals surface area (Å²) >= 11 is 6.06. The van der Waals surface area contributed by atoms with Crippen molar-refractivity contribution in [1.29, 1.82) is 0 Å². The van der Waals surface area contributed by atoms with E-state index in [0.29, 0.717) is 28.8 Å². The molecule has 0 bridgehead atoms. The van der Waals surface area contributed by atoms with Crippen LogP contribution >= 0.6 is 11.6 Å².